The van der Waals surface area contributed by atoms with Crippen LogP contribution in [0.15, 0.2) is 41.3 Å². The van der Waals surface area contributed by atoms with Gasteiger partial charge in [0, 0.05) is 18.9 Å². The summed E-state index contributed by atoms with van der Waals surface area (Å²) in [7, 11) is 3.91. The molecule has 0 unspecified atom stereocenters. The summed E-state index contributed by atoms with van der Waals surface area (Å²) >= 11 is 0. The largest absolute Gasteiger partial charge is 0.468 e. The lowest BCUT2D eigenvalue weighted by Gasteiger charge is -2.23. The molecule has 0 saturated carbocycles. The summed E-state index contributed by atoms with van der Waals surface area (Å²) < 4.78 is 7.04. The zero-order valence-corrected chi connectivity index (χ0v) is 12.0. The van der Waals surface area contributed by atoms with E-state index in [9.17, 15) is 4.79 Å². The number of furan rings is 1. The van der Waals surface area contributed by atoms with Crippen LogP contribution in [0.2, 0.25) is 0 Å². The van der Waals surface area contributed by atoms with E-state index in [1.807, 2.05) is 38.1 Å². The van der Waals surface area contributed by atoms with Gasteiger partial charge in [0.05, 0.1) is 12.3 Å². The van der Waals surface area contributed by atoms with Crippen molar-refractivity contribution in [2.75, 3.05) is 20.6 Å². The molecule has 0 saturated heterocycles. The van der Waals surface area contributed by atoms with Gasteiger partial charge in [-0.25, -0.2) is 0 Å². The zero-order chi connectivity index (χ0) is 14.5. The topological polar surface area (TPSA) is 63.3 Å². The fourth-order valence-electron chi connectivity index (χ4n) is 1.99. The Bertz CT molecular complexity index is 519. The quantitative estimate of drug-likeness (QED) is 0.867. The second kappa shape index (κ2) is 6.38. The molecule has 108 valence electrons. The van der Waals surface area contributed by atoms with Gasteiger partial charge >= 0.3 is 0 Å². The Morgan fingerprint density at radius 2 is 2.30 bits per heavy atom. The van der Waals surface area contributed by atoms with Crippen LogP contribution < -0.4 is 5.32 Å². The van der Waals surface area contributed by atoms with E-state index in [1.165, 1.54) is 0 Å². The van der Waals surface area contributed by atoms with Crippen molar-refractivity contribution in [2.24, 2.45) is 0 Å². The molecule has 2 aromatic heterocycles. The number of aromatic nitrogens is 2. The van der Waals surface area contributed by atoms with Gasteiger partial charge in [0.15, 0.2) is 0 Å². The predicted molar refractivity (Wildman–Crippen MR) is 75.1 cm³/mol. The molecule has 20 heavy (non-hydrogen) atoms. The first-order chi connectivity index (χ1) is 9.59. The van der Waals surface area contributed by atoms with Gasteiger partial charge in [0.2, 0.25) is 5.91 Å². The molecule has 6 nitrogen and oxygen atoms in total. The summed E-state index contributed by atoms with van der Waals surface area (Å²) in [6.45, 7) is 2.31. The van der Waals surface area contributed by atoms with Crippen LogP contribution in [0.3, 0.4) is 0 Å². The Morgan fingerprint density at radius 1 is 1.50 bits per heavy atom. The second-order valence-electron chi connectivity index (χ2n) is 4.90. The molecule has 0 bridgehead atoms. The van der Waals surface area contributed by atoms with Gasteiger partial charge in [0.1, 0.15) is 11.8 Å². The van der Waals surface area contributed by atoms with E-state index in [0.29, 0.717) is 6.54 Å². The highest BCUT2D eigenvalue weighted by Gasteiger charge is 2.20. The molecule has 0 aliphatic carbocycles. The molecule has 2 aromatic rings. The Morgan fingerprint density at radius 3 is 2.85 bits per heavy atom. The maximum absolute atomic E-state index is 12.1. The number of carbonyl (C=O) groups is 1. The average Bonchev–Trinajstić information content (AvgIpc) is 3.10. The lowest BCUT2D eigenvalue weighted by molar-refractivity contribution is -0.124. The highest BCUT2D eigenvalue weighted by atomic mass is 16.3. The molecule has 0 fully saturated rings. The van der Waals surface area contributed by atoms with Gasteiger partial charge in [-0.3, -0.25) is 14.4 Å². The summed E-state index contributed by atoms with van der Waals surface area (Å²) in [5, 5.41) is 7.02. The minimum absolute atomic E-state index is 0.0128. The van der Waals surface area contributed by atoms with Crippen LogP contribution in [-0.4, -0.2) is 41.2 Å². The van der Waals surface area contributed by atoms with Crippen molar-refractivity contribution in [2.45, 2.75) is 19.0 Å². The van der Waals surface area contributed by atoms with Crippen LogP contribution in [0, 0.1) is 0 Å². The van der Waals surface area contributed by atoms with Gasteiger partial charge in [0.25, 0.3) is 0 Å². The van der Waals surface area contributed by atoms with Gasteiger partial charge < -0.3 is 9.73 Å². The van der Waals surface area contributed by atoms with Gasteiger partial charge in [-0.2, -0.15) is 5.10 Å². The van der Waals surface area contributed by atoms with Crippen molar-refractivity contribution in [3.63, 3.8) is 0 Å². The minimum atomic E-state index is -0.329. The normalized spacial score (nSPS) is 14.2. The summed E-state index contributed by atoms with van der Waals surface area (Å²) in [4.78, 5) is 14.1. The van der Waals surface area contributed by atoms with Crippen molar-refractivity contribution < 1.29 is 9.21 Å². The lowest BCUT2D eigenvalue weighted by atomic mass is 10.2. The lowest BCUT2D eigenvalue weighted by Crippen LogP contribution is -2.37. The third kappa shape index (κ3) is 3.27. The number of likely N-dealkylation sites (N-methyl/N-ethyl adjacent to an activating group) is 1. The van der Waals surface area contributed by atoms with E-state index in [4.69, 9.17) is 4.42 Å². The predicted octanol–water partition coefficient (Wildman–Crippen LogP) is 1.46. The van der Waals surface area contributed by atoms with Crippen LogP contribution in [0.25, 0.3) is 0 Å². The molecule has 0 aliphatic rings. The van der Waals surface area contributed by atoms with Gasteiger partial charge in [-0.1, -0.05) is 0 Å². The van der Waals surface area contributed by atoms with E-state index in [-0.39, 0.29) is 18.0 Å². The molecule has 0 spiro atoms. The van der Waals surface area contributed by atoms with E-state index >= 15 is 0 Å². The summed E-state index contributed by atoms with van der Waals surface area (Å²) in [5.74, 6) is 0.772. The first-order valence-electron chi connectivity index (χ1n) is 6.56. The summed E-state index contributed by atoms with van der Waals surface area (Å²) in [6, 6.07) is 5.24. The smallest absolute Gasteiger partial charge is 0.244 e. The Kier molecular flexibility index (Phi) is 4.57. The number of amides is 1. The summed E-state index contributed by atoms with van der Waals surface area (Å²) in [6.07, 6.45) is 5.08. The van der Waals surface area contributed by atoms with Crippen LogP contribution in [-0.2, 0) is 4.79 Å². The Labute approximate surface area is 118 Å². The first-order valence-corrected chi connectivity index (χ1v) is 6.56. The second-order valence-corrected chi connectivity index (χ2v) is 4.90. The molecule has 6 heteroatoms. The number of hydrogen-bond donors (Lipinski definition) is 1. The van der Waals surface area contributed by atoms with Crippen molar-refractivity contribution in [1.82, 2.24) is 20.0 Å². The molecular weight excluding hydrogens is 256 g/mol. The molecule has 0 aliphatic heterocycles. The molecule has 2 rings (SSSR count). The average molecular weight is 276 g/mol. The third-order valence-electron chi connectivity index (χ3n) is 3.27. The maximum Gasteiger partial charge on any atom is 0.244 e. The number of hydrogen-bond acceptors (Lipinski definition) is 4. The monoisotopic (exact) mass is 276 g/mol. The van der Waals surface area contributed by atoms with Crippen molar-refractivity contribution in [3.05, 3.63) is 42.6 Å². The van der Waals surface area contributed by atoms with Crippen molar-refractivity contribution in [3.8, 4) is 0 Å². The van der Waals surface area contributed by atoms with E-state index in [1.54, 1.807) is 29.4 Å². The number of nitrogens with zero attached hydrogens (tertiary/aromatic N) is 3. The molecule has 0 radical (unpaired) electrons. The molecular formula is C14H20N4O2. The number of rotatable bonds is 6. The molecule has 0 aromatic carbocycles. The Hall–Kier alpha value is -2.08. The molecule has 2 atom stereocenters. The highest BCUT2D eigenvalue weighted by Crippen LogP contribution is 2.17. The van der Waals surface area contributed by atoms with Gasteiger partial charge in [-0.05, 0) is 39.2 Å². The van der Waals surface area contributed by atoms with Crippen LogP contribution in [0.5, 0.6) is 0 Å². The van der Waals surface area contributed by atoms with Crippen molar-refractivity contribution in [1.29, 1.82) is 0 Å². The number of carbonyl (C=O) groups excluding carboxylic acids is 1. The number of nitrogens with one attached hydrogen (secondary N) is 1. The SMILES string of the molecule is C[C@H](C(=O)NC[C@H](c1ccco1)N(C)C)n1cccn1. The van der Waals surface area contributed by atoms with E-state index in [0.717, 1.165) is 5.76 Å². The molecule has 1 amide bonds. The van der Waals surface area contributed by atoms with Crippen LogP contribution in [0.1, 0.15) is 24.8 Å². The highest BCUT2D eigenvalue weighted by molar-refractivity contribution is 5.79. The molecule has 2 heterocycles. The maximum atomic E-state index is 12.1. The molecule has 1 N–H and O–H groups in total. The van der Waals surface area contributed by atoms with Gasteiger partial charge in [-0.15, -0.1) is 0 Å². The van der Waals surface area contributed by atoms with E-state index < -0.39 is 0 Å². The third-order valence-corrected chi connectivity index (χ3v) is 3.27. The summed E-state index contributed by atoms with van der Waals surface area (Å²) in [5.41, 5.74) is 0. The van der Waals surface area contributed by atoms with Crippen molar-refractivity contribution >= 4 is 5.91 Å². The first kappa shape index (κ1) is 14.3. The Balaban J connectivity index is 1.94. The van der Waals surface area contributed by atoms with E-state index in [2.05, 4.69) is 10.4 Å². The minimum Gasteiger partial charge on any atom is -0.468 e. The fourth-order valence-corrected chi connectivity index (χ4v) is 1.99. The zero-order valence-electron chi connectivity index (χ0n) is 12.0. The standard InChI is InChI=1S/C14H20N4O2/c1-11(18-8-5-7-16-18)14(19)15-10-12(17(2)3)13-6-4-9-20-13/h4-9,11-12H,10H2,1-3H3,(H,15,19)/t11-,12-/m1/s1. The fraction of sp³-hybridized carbons (Fsp3) is 0.429. The van der Waals surface area contributed by atoms with Crippen LogP contribution in [0.4, 0.5) is 0 Å². The van der Waals surface area contributed by atoms with Crippen LogP contribution >= 0.6 is 0 Å².